The molecule has 160 valence electrons. The molecule has 7 heteroatoms. The van der Waals surface area contributed by atoms with Gasteiger partial charge in [0.15, 0.2) is 5.65 Å². The summed E-state index contributed by atoms with van der Waals surface area (Å²) in [4.78, 5) is 22.6. The Labute approximate surface area is 182 Å². The Balaban J connectivity index is 1.75. The molecule has 31 heavy (non-hydrogen) atoms. The molecule has 4 rings (SSSR count). The number of amides is 1. The Bertz CT molecular complexity index is 1170. The zero-order valence-electron chi connectivity index (χ0n) is 18.6. The molecule has 0 aliphatic heterocycles. The Morgan fingerprint density at radius 1 is 1.26 bits per heavy atom. The predicted octanol–water partition coefficient (Wildman–Crippen LogP) is 3.23. The number of benzene rings is 1. The number of likely N-dealkylation sites (N-methyl/N-ethyl adjacent to an activating group) is 1. The quantitative estimate of drug-likeness (QED) is 0.591. The van der Waals surface area contributed by atoms with Gasteiger partial charge >= 0.3 is 0 Å². The molecular weight excluding hydrogens is 388 g/mol. The van der Waals surface area contributed by atoms with Crippen molar-refractivity contribution in [2.45, 2.75) is 32.2 Å². The van der Waals surface area contributed by atoms with Gasteiger partial charge in [-0.1, -0.05) is 12.1 Å². The fraction of sp³-hybridized carbons (Fsp3) is 0.417. The van der Waals surface area contributed by atoms with Crippen molar-refractivity contribution in [3.63, 3.8) is 0 Å². The van der Waals surface area contributed by atoms with Crippen LogP contribution < -0.4 is 0 Å². The molecule has 0 bridgehead atoms. The average molecular weight is 417 g/mol. The van der Waals surface area contributed by atoms with Crippen molar-refractivity contribution >= 4 is 16.9 Å². The topological polar surface area (TPSA) is 78.1 Å². The number of hydrogen-bond acceptors (Lipinski definition) is 5. The van der Waals surface area contributed by atoms with Gasteiger partial charge in [0.05, 0.1) is 28.3 Å². The molecule has 0 unspecified atom stereocenters. The lowest BCUT2D eigenvalue weighted by atomic mass is 10.1. The highest BCUT2D eigenvalue weighted by Crippen LogP contribution is 2.40. The van der Waals surface area contributed by atoms with Crippen molar-refractivity contribution in [2.24, 2.45) is 7.05 Å². The Morgan fingerprint density at radius 3 is 2.71 bits per heavy atom. The molecule has 3 aromatic rings. The van der Waals surface area contributed by atoms with E-state index in [-0.39, 0.29) is 5.91 Å². The van der Waals surface area contributed by atoms with E-state index in [1.807, 2.05) is 57.2 Å². The highest BCUT2D eigenvalue weighted by Gasteiger charge is 2.29. The molecule has 1 aliphatic carbocycles. The lowest BCUT2D eigenvalue weighted by Gasteiger charge is -2.25. The SMILES string of the molecule is Cc1nn(C)c2nc(C3CC3)cc(C(=O)N(CCN(C)C)Cc3cccc(C#N)c3)c12. The molecule has 1 aromatic carbocycles. The van der Waals surface area contributed by atoms with Gasteiger partial charge in [0.2, 0.25) is 0 Å². The lowest BCUT2D eigenvalue weighted by Crippen LogP contribution is -2.36. The molecule has 1 amide bonds. The predicted molar refractivity (Wildman–Crippen MR) is 120 cm³/mol. The van der Waals surface area contributed by atoms with E-state index in [4.69, 9.17) is 4.98 Å². The van der Waals surface area contributed by atoms with E-state index in [1.165, 1.54) is 0 Å². The van der Waals surface area contributed by atoms with Crippen LogP contribution in [0.1, 0.15) is 51.6 Å². The molecule has 0 saturated heterocycles. The van der Waals surface area contributed by atoms with Gasteiger partial charge in [0, 0.05) is 38.3 Å². The van der Waals surface area contributed by atoms with Crippen LogP contribution >= 0.6 is 0 Å². The minimum absolute atomic E-state index is 0.0189. The van der Waals surface area contributed by atoms with Crippen LogP contribution in [-0.4, -0.2) is 57.7 Å². The number of carbonyl (C=O) groups excluding carboxylic acids is 1. The van der Waals surface area contributed by atoms with Crippen molar-refractivity contribution in [3.8, 4) is 6.07 Å². The summed E-state index contributed by atoms with van der Waals surface area (Å²) in [7, 11) is 5.88. The minimum Gasteiger partial charge on any atom is -0.333 e. The largest absolute Gasteiger partial charge is 0.333 e. The fourth-order valence-corrected chi connectivity index (χ4v) is 3.92. The van der Waals surface area contributed by atoms with E-state index in [2.05, 4.69) is 16.1 Å². The third-order valence-corrected chi connectivity index (χ3v) is 5.75. The van der Waals surface area contributed by atoms with Gasteiger partial charge in [0.1, 0.15) is 0 Å². The van der Waals surface area contributed by atoms with Gasteiger partial charge in [-0.3, -0.25) is 9.48 Å². The van der Waals surface area contributed by atoms with Crippen LogP contribution in [-0.2, 0) is 13.6 Å². The van der Waals surface area contributed by atoms with Gasteiger partial charge in [0.25, 0.3) is 5.91 Å². The van der Waals surface area contributed by atoms with Crippen LogP contribution in [0.15, 0.2) is 30.3 Å². The van der Waals surface area contributed by atoms with Gasteiger partial charge in [-0.25, -0.2) is 4.98 Å². The summed E-state index contributed by atoms with van der Waals surface area (Å²) in [5.74, 6) is 0.420. The van der Waals surface area contributed by atoms with E-state index >= 15 is 0 Å². The van der Waals surface area contributed by atoms with E-state index < -0.39 is 0 Å². The van der Waals surface area contributed by atoms with Gasteiger partial charge in [-0.15, -0.1) is 0 Å². The van der Waals surface area contributed by atoms with Crippen LogP contribution in [0.5, 0.6) is 0 Å². The second-order valence-corrected chi connectivity index (χ2v) is 8.62. The maximum atomic E-state index is 13.9. The third-order valence-electron chi connectivity index (χ3n) is 5.75. The molecule has 1 saturated carbocycles. The number of aromatic nitrogens is 3. The third kappa shape index (κ3) is 4.44. The Kier molecular flexibility index (Phi) is 5.75. The number of pyridine rings is 1. The Hall–Kier alpha value is -3.24. The zero-order valence-corrected chi connectivity index (χ0v) is 18.6. The molecule has 0 radical (unpaired) electrons. The minimum atomic E-state index is -0.0189. The molecule has 2 heterocycles. The molecule has 7 nitrogen and oxygen atoms in total. The fourth-order valence-electron chi connectivity index (χ4n) is 3.92. The van der Waals surface area contributed by atoms with Gasteiger partial charge in [-0.05, 0) is 57.6 Å². The van der Waals surface area contributed by atoms with Crippen molar-refractivity contribution in [3.05, 3.63) is 58.4 Å². The van der Waals surface area contributed by atoms with Crippen molar-refractivity contribution in [2.75, 3.05) is 27.2 Å². The second kappa shape index (κ2) is 8.48. The van der Waals surface area contributed by atoms with E-state index in [1.54, 1.807) is 10.7 Å². The first kappa shape index (κ1) is 21.0. The van der Waals surface area contributed by atoms with Crippen LogP contribution in [0.2, 0.25) is 0 Å². The summed E-state index contributed by atoms with van der Waals surface area (Å²) in [6.07, 6.45) is 2.24. The van der Waals surface area contributed by atoms with Crippen molar-refractivity contribution < 1.29 is 4.79 Å². The summed E-state index contributed by atoms with van der Waals surface area (Å²) in [5, 5.41) is 14.6. The number of aryl methyl sites for hydroxylation is 2. The summed E-state index contributed by atoms with van der Waals surface area (Å²) in [5.41, 5.74) is 4.79. The standard InChI is InChI=1S/C24H28N6O/c1-16-22-20(13-21(19-8-9-19)26-23(22)29(4)27-16)24(31)30(11-10-28(2)3)15-18-7-5-6-17(12-18)14-25/h5-7,12-13,19H,8-11,15H2,1-4H3. The second-order valence-electron chi connectivity index (χ2n) is 8.62. The number of rotatable bonds is 7. The summed E-state index contributed by atoms with van der Waals surface area (Å²) < 4.78 is 1.77. The van der Waals surface area contributed by atoms with Gasteiger partial charge in [-0.2, -0.15) is 10.4 Å². The van der Waals surface area contributed by atoms with Crippen LogP contribution in [0.25, 0.3) is 11.0 Å². The van der Waals surface area contributed by atoms with Crippen molar-refractivity contribution in [1.82, 2.24) is 24.6 Å². The molecule has 0 spiro atoms. The van der Waals surface area contributed by atoms with Gasteiger partial charge < -0.3 is 9.80 Å². The number of hydrogen-bond donors (Lipinski definition) is 0. The highest BCUT2D eigenvalue weighted by atomic mass is 16.2. The van der Waals surface area contributed by atoms with Crippen LogP contribution in [0, 0.1) is 18.3 Å². The average Bonchev–Trinajstić information content (AvgIpc) is 3.56. The summed E-state index contributed by atoms with van der Waals surface area (Å²) in [6, 6.07) is 11.6. The smallest absolute Gasteiger partial charge is 0.255 e. The maximum absolute atomic E-state index is 13.9. The number of nitrogens with zero attached hydrogens (tertiary/aromatic N) is 6. The molecule has 1 fully saturated rings. The lowest BCUT2D eigenvalue weighted by molar-refractivity contribution is 0.0733. The summed E-state index contributed by atoms with van der Waals surface area (Å²) >= 11 is 0. The van der Waals surface area contributed by atoms with E-state index in [0.29, 0.717) is 30.1 Å². The number of carbonyl (C=O) groups is 1. The first-order valence-corrected chi connectivity index (χ1v) is 10.6. The first-order valence-electron chi connectivity index (χ1n) is 10.6. The van der Waals surface area contributed by atoms with E-state index in [0.717, 1.165) is 47.4 Å². The monoisotopic (exact) mass is 416 g/mol. The number of nitriles is 1. The molecule has 0 N–H and O–H groups in total. The zero-order chi connectivity index (χ0) is 22.1. The number of fused-ring (bicyclic) bond motifs is 1. The molecule has 0 atom stereocenters. The normalized spacial score (nSPS) is 13.5. The Morgan fingerprint density at radius 2 is 2.03 bits per heavy atom. The molecule has 1 aliphatic rings. The van der Waals surface area contributed by atoms with Crippen molar-refractivity contribution in [1.29, 1.82) is 5.26 Å². The van der Waals surface area contributed by atoms with Crippen LogP contribution in [0.3, 0.4) is 0 Å². The first-order chi connectivity index (χ1) is 14.9. The maximum Gasteiger partial charge on any atom is 0.255 e. The molecular formula is C24H28N6O. The van der Waals surface area contributed by atoms with E-state index in [9.17, 15) is 10.1 Å². The highest BCUT2D eigenvalue weighted by molar-refractivity contribution is 6.06. The van der Waals surface area contributed by atoms with Crippen LogP contribution in [0.4, 0.5) is 0 Å². The molecule has 2 aromatic heterocycles. The summed E-state index contributed by atoms with van der Waals surface area (Å²) in [6.45, 7) is 3.71.